The van der Waals surface area contributed by atoms with Crippen LogP contribution in [-0.4, -0.2) is 49.7 Å². The first-order valence-corrected chi connectivity index (χ1v) is 11.9. The Kier molecular flexibility index (Phi) is 9.42. The Hall–Kier alpha value is -2.01. The fourth-order valence-electron chi connectivity index (χ4n) is 4.26. The van der Waals surface area contributed by atoms with Crippen LogP contribution in [0, 0.1) is 13.8 Å². The van der Waals surface area contributed by atoms with E-state index in [2.05, 4.69) is 57.0 Å². The highest BCUT2D eigenvalue weighted by molar-refractivity contribution is 6.02. The molecule has 0 bridgehead atoms. The summed E-state index contributed by atoms with van der Waals surface area (Å²) >= 11 is 0. The van der Waals surface area contributed by atoms with Gasteiger partial charge in [-0.05, 0) is 63.9 Å². The minimum Gasteiger partial charge on any atom is -0.496 e. The smallest absolute Gasteiger partial charge is 0.255 e. The summed E-state index contributed by atoms with van der Waals surface area (Å²) in [5.74, 6) is 1.34. The Morgan fingerprint density at radius 3 is 2.45 bits per heavy atom. The van der Waals surface area contributed by atoms with E-state index in [0.29, 0.717) is 17.9 Å². The van der Waals surface area contributed by atoms with Gasteiger partial charge in [0.1, 0.15) is 17.1 Å². The molecule has 0 radical (unpaired) electrons. The van der Waals surface area contributed by atoms with Crippen LogP contribution in [0.25, 0.3) is 6.08 Å². The first kappa shape index (κ1) is 25.3. The van der Waals surface area contributed by atoms with Gasteiger partial charge in [-0.3, -0.25) is 4.79 Å². The fourth-order valence-corrected chi connectivity index (χ4v) is 4.26. The zero-order valence-corrected chi connectivity index (χ0v) is 20.7. The molecule has 0 aromatic heterocycles. The molecule has 1 aromatic rings. The Labute approximate surface area is 189 Å². The predicted molar refractivity (Wildman–Crippen MR) is 129 cm³/mol. The van der Waals surface area contributed by atoms with Gasteiger partial charge >= 0.3 is 0 Å². The van der Waals surface area contributed by atoms with E-state index in [1.165, 1.54) is 19.3 Å². The second kappa shape index (κ2) is 11.6. The molecule has 0 fully saturated rings. The molecule has 5 heteroatoms. The molecule has 2 rings (SSSR count). The summed E-state index contributed by atoms with van der Waals surface area (Å²) in [4.78, 5) is 15.5. The molecule has 0 saturated heterocycles. The van der Waals surface area contributed by atoms with Gasteiger partial charge in [-0.15, -0.1) is 0 Å². The topological polar surface area (TPSA) is 50.8 Å². The first-order valence-electron chi connectivity index (χ1n) is 11.9. The number of benzene rings is 1. The van der Waals surface area contributed by atoms with Crippen molar-refractivity contribution in [2.24, 2.45) is 0 Å². The van der Waals surface area contributed by atoms with Crippen LogP contribution < -0.4 is 14.8 Å². The van der Waals surface area contributed by atoms with E-state index in [-0.39, 0.29) is 11.5 Å². The van der Waals surface area contributed by atoms with Crippen LogP contribution in [0.1, 0.15) is 86.8 Å². The number of nitrogens with one attached hydrogen (secondary N) is 1. The number of methoxy groups -OCH3 is 1. The molecule has 1 aromatic carbocycles. The fraction of sp³-hybridized carbons (Fsp3) is 0.654. The van der Waals surface area contributed by atoms with Crippen molar-refractivity contribution in [3.05, 3.63) is 28.3 Å². The number of likely N-dealkylation sites (N-methyl/N-ethyl adjacent to an activating group) is 1. The van der Waals surface area contributed by atoms with Gasteiger partial charge in [0.2, 0.25) is 0 Å². The van der Waals surface area contributed by atoms with Gasteiger partial charge in [0.05, 0.1) is 12.7 Å². The monoisotopic (exact) mass is 430 g/mol. The lowest BCUT2D eigenvalue weighted by atomic mass is 9.89. The van der Waals surface area contributed by atoms with Crippen LogP contribution in [0.15, 0.2) is 6.08 Å². The average Bonchev–Trinajstić information content (AvgIpc) is 2.76. The number of rotatable bonds is 12. The van der Waals surface area contributed by atoms with E-state index < -0.39 is 0 Å². The highest BCUT2D eigenvalue weighted by Crippen LogP contribution is 2.44. The van der Waals surface area contributed by atoms with Gasteiger partial charge in [-0.1, -0.05) is 46.1 Å². The molecule has 1 unspecified atom stereocenters. The molecule has 1 heterocycles. The van der Waals surface area contributed by atoms with Crippen LogP contribution in [-0.2, 0) is 0 Å². The minimum atomic E-state index is -0.344. The third-order valence-corrected chi connectivity index (χ3v) is 6.49. The highest BCUT2D eigenvalue weighted by Gasteiger charge is 2.33. The van der Waals surface area contributed by atoms with Crippen LogP contribution in [0.2, 0.25) is 0 Å². The standard InChI is InChI=1S/C26H42N2O3/c1-8-11-12-13-15-26(6)16-14-21-22(25(29)27-17-18-28(9-2)10-3)24(30-7)20(5)19(4)23(21)31-26/h14,16H,8-13,15,17-18H2,1-7H3,(H,27,29). The summed E-state index contributed by atoms with van der Waals surface area (Å²) < 4.78 is 12.2. The second-order valence-corrected chi connectivity index (χ2v) is 8.74. The highest BCUT2D eigenvalue weighted by atomic mass is 16.5. The van der Waals surface area contributed by atoms with Crippen molar-refractivity contribution in [1.82, 2.24) is 10.2 Å². The lowest BCUT2D eigenvalue weighted by molar-refractivity contribution is 0.0940. The number of hydrogen-bond donors (Lipinski definition) is 1. The Morgan fingerprint density at radius 2 is 1.84 bits per heavy atom. The molecule has 1 atom stereocenters. The van der Waals surface area contributed by atoms with E-state index in [1.54, 1.807) is 7.11 Å². The summed E-state index contributed by atoms with van der Waals surface area (Å²) in [7, 11) is 1.63. The normalized spacial score (nSPS) is 17.4. The van der Waals surface area contributed by atoms with Crippen molar-refractivity contribution in [2.45, 2.75) is 79.2 Å². The summed E-state index contributed by atoms with van der Waals surface area (Å²) in [6, 6.07) is 0. The van der Waals surface area contributed by atoms with Crippen molar-refractivity contribution >= 4 is 12.0 Å². The number of carbonyl (C=O) groups is 1. The SMILES string of the molecule is CCCCCCC1(C)C=Cc2c(c(C)c(C)c(OC)c2C(=O)NCCN(CC)CC)O1. The molecule has 1 amide bonds. The van der Waals surface area contributed by atoms with Gasteiger partial charge in [0.15, 0.2) is 0 Å². The minimum absolute atomic E-state index is 0.108. The summed E-state index contributed by atoms with van der Waals surface area (Å²) in [5.41, 5.74) is 3.05. The van der Waals surface area contributed by atoms with Crippen LogP contribution in [0.3, 0.4) is 0 Å². The van der Waals surface area contributed by atoms with E-state index in [4.69, 9.17) is 9.47 Å². The van der Waals surface area contributed by atoms with Gasteiger partial charge in [-0.2, -0.15) is 0 Å². The maximum absolute atomic E-state index is 13.2. The summed E-state index contributed by atoms with van der Waals surface area (Å²) in [6.07, 6.45) is 9.98. The average molecular weight is 431 g/mol. The molecule has 1 aliphatic rings. The molecule has 31 heavy (non-hydrogen) atoms. The van der Waals surface area contributed by atoms with Crippen molar-refractivity contribution in [1.29, 1.82) is 0 Å². The van der Waals surface area contributed by atoms with E-state index >= 15 is 0 Å². The summed E-state index contributed by atoms with van der Waals surface area (Å²) in [5, 5.41) is 3.09. The van der Waals surface area contributed by atoms with Crippen LogP contribution in [0.4, 0.5) is 0 Å². The third-order valence-electron chi connectivity index (χ3n) is 6.49. The molecule has 0 spiro atoms. The van der Waals surface area contributed by atoms with Gasteiger partial charge in [0.25, 0.3) is 5.91 Å². The van der Waals surface area contributed by atoms with Gasteiger partial charge < -0.3 is 19.7 Å². The number of hydrogen-bond acceptors (Lipinski definition) is 4. The van der Waals surface area contributed by atoms with Crippen LogP contribution >= 0.6 is 0 Å². The van der Waals surface area contributed by atoms with Crippen molar-refractivity contribution in [2.75, 3.05) is 33.3 Å². The maximum atomic E-state index is 13.2. The zero-order valence-electron chi connectivity index (χ0n) is 20.7. The quantitative estimate of drug-likeness (QED) is 0.444. The molecule has 1 aliphatic heterocycles. The first-order chi connectivity index (χ1) is 14.8. The van der Waals surface area contributed by atoms with E-state index in [9.17, 15) is 4.79 Å². The molecule has 1 N–H and O–H groups in total. The second-order valence-electron chi connectivity index (χ2n) is 8.74. The van der Waals surface area contributed by atoms with Crippen molar-refractivity contribution in [3.8, 4) is 11.5 Å². The molecule has 0 saturated carbocycles. The number of amides is 1. The molecule has 5 nitrogen and oxygen atoms in total. The van der Waals surface area contributed by atoms with Crippen molar-refractivity contribution in [3.63, 3.8) is 0 Å². The lowest BCUT2D eigenvalue weighted by Crippen LogP contribution is -2.36. The molecular weight excluding hydrogens is 388 g/mol. The summed E-state index contributed by atoms with van der Waals surface area (Å²) in [6.45, 7) is 16.1. The van der Waals surface area contributed by atoms with Gasteiger partial charge in [-0.25, -0.2) is 0 Å². The maximum Gasteiger partial charge on any atom is 0.255 e. The lowest BCUT2D eigenvalue weighted by Gasteiger charge is -2.34. The number of ether oxygens (including phenoxy) is 2. The molecule has 0 aliphatic carbocycles. The number of fused-ring (bicyclic) bond motifs is 1. The number of nitrogens with zero attached hydrogens (tertiary/aromatic N) is 1. The largest absolute Gasteiger partial charge is 0.496 e. The predicted octanol–water partition coefficient (Wildman–Crippen LogP) is 5.52. The van der Waals surface area contributed by atoms with Gasteiger partial charge in [0, 0.05) is 18.7 Å². The zero-order chi connectivity index (χ0) is 23.0. The Bertz CT molecular complexity index is 784. The number of unbranched alkanes of at least 4 members (excludes halogenated alkanes) is 3. The number of carbonyl (C=O) groups excluding carboxylic acids is 1. The van der Waals surface area contributed by atoms with Crippen LogP contribution in [0.5, 0.6) is 11.5 Å². The van der Waals surface area contributed by atoms with E-state index in [0.717, 1.165) is 54.9 Å². The molecule has 174 valence electrons. The Balaban J connectivity index is 2.31. The third kappa shape index (κ3) is 6.03. The molecular formula is C26H42N2O3. The van der Waals surface area contributed by atoms with E-state index in [1.807, 2.05) is 6.92 Å². The Morgan fingerprint density at radius 1 is 1.13 bits per heavy atom. The van der Waals surface area contributed by atoms with Crippen molar-refractivity contribution < 1.29 is 14.3 Å².